The van der Waals surface area contributed by atoms with Crippen LogP contribution in [0.3, 0.4) is 0 Å². The molecule has 20 heavy (non-hydrogen) atoms. The van der Waals surface area contributed by atoms with Crippen LogP contribution in [0.4, 0.5) is 0 Å². The molecule has 0 N–H and O–H groups in total. The zero-order valence-electron chi connectivity index (χ0n) is 13.3. The Labute approximate surface area is 124 Å². The molecule has 0 aromatic heterocycles. The maximum atomic E-state index is 2.58. The van der Waals surface area contributed by atoms with Crippen LogP contribution in [-0.4, -0.2) is 0 Å². The van der Waals surface area contributed by atoms with E-state index in [2.05, 4.69) is 13.8 Å². The van der Waals surface area contributed by atoms with E-state index in [1.807, 2.05) is 0 Å². The minimum Gasteiger partial charge on any atom is -0.0651 e. The maximum Gasteiger partial charge on any atom is -0.0162 e. The monoisotopic (exact) mass is 270 g/mol. The quantitative estimate of drug-likeness (QED) is 0.619. The summed E-state index contributed by atoms with van der Waals surface area (Å²) in [5.74, 6) is 9.37. The summed E-state index contributed by atoms with van der Waals surface area (Å²) in [4.78, 5) is 0. The molecule has 7 aliphatic carbocycles. The first-order chi connectivity index (χ1) is 9.75. The summed E-state index contributed by atoms with van der Waals surface area (Å²) >= 11 is 0. The first-order valence-corrected chi connectivity index (χ1v) is 9.75. The molecule has 0 heterocycles. The zero-order valence-corrected chi connectivity index (χ0v) is 13.3. The summed E-state index contributed by atoms with van der Waals surface area (Å²) in [6, 6.07) is 0. The van der Waals surface area contributed by atoms with E-state index >= 15 is 0 Å². The first kappa shape index (κ1) is 11.6. The van der Waals surface area contributed by atoms with E-state index in [0.717, 1.165) is 28.6 Å². The van der Waals surface area contributed by atoms with Crippen LogP contribution in [0, 0.1) is 58.2 Å². The van der Waals surface area contributed by atoms with Gasteiger partial charge in [0.05, 0.1) is 0 Å². The van der Waals surface area contributed by atoms with Crippen LogP contribution in [0.5, 0.6) is 0 Å². The van der Waals surface area contributed by atoms with Crippen LogP contribution in [0.15, 0.2) is 0 Å². The van der Waals surface area contributed by atoms with Crippen LogP contribution in [-0.2, 0) is 0 Å². The molecule has 4 bridgehead atoms. The summed E-state index contributed by atoms with van der Waals surface area (Å²) in [7, 11) is 0. The number of fused-ring (bicyclic) bond motifs is 2. The van der Waals surface area contributed by atoms with Crippen LogP contribution >= 0.6 is 0 Å². The van der Waals surface area contributed by atoms with Crippen molar-refractivity contribution in [1.29, 1.82) is 0 Å². The predicted octanol–water partition coefficient (Wildman–Crippen LogP) is 5.13. The van der Waals surface area contributed by atoms with Gasteiger partial charge in [0, 0.05) is 0 Å². The number of rotatable bonds is 1. The van der Waals surface area contributed by atoms with Gasteiger partial charge in [0.1, 0.15) is 0 Å². The lowest BCUT2D eigenvalue weighted by atomic mass is 9.53. The van der Waals surface area contributed by atoms with E-state index in [1.165, 1.54) is 36.0 Å². The fraction of sp³-hybridized carbons (Fsp3) is 1.00. The maximum absolute atomic E-state index is 2.58. The van der Waals surface area contributed by atoms with Crippen molar-refractivity contribution < 1.29 is 0 Å². The largest absolute Gasteiger partial charge is 0.0651 e. The molecule has 0 amide bonds. The van der Waals surface area contributed by atoms with Crippen molar-refractivity contribution in [2.24, 2.45) is 58.2 Å². The molecule has 10 atom stereocenters. The van der Waals surface area contributed by atoms with Gasteiger partial charge in [-0.25, -0.2) is 0 Å². The van der Waals surface area contributed by atoms with E-state index in [1.54, 1.807) is 44.9 Å². The highest BCUT2D eigenvalue weighted by molar-refractivity contribution is 5.40. The smallest absolute Gasteiger partial charge is 0.0162 e. The molecule has 7 aliphatic rings. The molecule has 7 rings (SSSR count). The highest BCUT2D eigenvalue weighted by Crippen LogP contribution is 2.98. The molecular weight excluding hydrogens is 240 g/mol. The Bertz CT molecular complexity index is 480. The third-order valence-corrected chi connectivity index (χ3v) is 9.97. The molecule has 0 aromatic rings. The number of hydrogen-bond acceptors (Lipinski definition) is 0. The Morgan fingerprint density at radius 3 is 2.50 bits per heavy atom. The second kappa shape index (κ2) is 3.18. The molecule has 0 nitrogen and oxygen atoms in total. The van der Waals surface area contributed by atoms with Crippen molar-refractivity contribution in [1.82, 2.24) is 0 Å². The Balaban J connectivity index is 1.54. The normalized spacial score (nSPS) is 71.7. The molecule has 0 heteroatoms. The summed E-state index contributed by atoms with van der Waals surface area (Å²) in [5.41, 5.74) is 1.84. The third kappa shape index (κ3) is 0.855. The highest BCUT2D eigenvalue weighted by Gasteiger charge is 2.93. The second-order valence-electron chi connectivity index (χ2n) is 9.76. The lowest BCUT2D eigenvalue weighted by Gasteiger charge is -2.51. The van der Waals surface area contributed by atoms with Crippen molar-refractivity contribution >= 4 is 0 Å². The fourth-order valence-corrected chi connectivity index (χ4v) is 9.91. The summed E-state index contributed by atoms with van der Waals surface area (Å²) in [6.07, 6.45) is 12.9. The fourth-order valence-electron chi connectivity index (χ4n) is 9.91. The Kier molecular flexibility index (Phi) is 1.84. The summed E-state index contributed by atoms with van der Waals surface area (Å²) in [6.45, 7) is 5.10. The van der Waals surface area contributed by atoms with E-state index in [4.69, 9.17) is 0 Å². The van der Waals surface area contributed by atoms with Crippen molar-refractivity contribution in [3.8, 4) is 0 Å². The standard InChI is InChI=1S/C20H30/c1-3-12-13-6-7-16(13)19-9-8-14(12)17-15-5-4-11(2)10-20(17,19)18(15)19/h11-18H,3-10H2,1-2H3. The minimum atomic E-state index is 0.917. The molecule has 0 aromatic carbocycles. The van der Waals surface area contributed by atoms with Gasteiger partial charge >= 0.3 is 0 Å². The molecule has 10 unspecified atom stereocenters. The topological polar surface area (TPSA) is 0 Å². The molecule has 110 valence electrons. The van der Waals surface area contributed by atoms with Gasteiger partial charge in [-0.15, -0.1) is 0 Å². The van der Waals surface area contributed by atoms with Gasteiger partial charge in [-0.3, -0.25) is 0 Å². The SMILES string of the molecule is CCC1C2CCC2C23CCC1C1C4CCC(C)CC12C43. The average molecular weight is 270 g/mol. The Morgan fingerprint density at radius 2 is 1.75 bits per heavy atom. The van der Waals surface area contributed by atoms with Crippen LogP contribution in [0.1, 0.15) is 65.2 Å². The molecule has 7 saturated carbocycles. The Hall–Kier alpha value is 0. The molecule has 7 fully saturated rings. The average Bonchev–Trinajstić information content (AvgIpc) is 3.02. The molecule has 0 aliphatic heterocycles. The molecule has 0 saturated heterocycles. The Morgan fingerprint density at radius 1 is 0.900 bits per heavy atom. The van der Waals surface area contributed by atoms with Gasteiger partial charge in [0.2, 0.25) is 0 Å². The highest BCUT2D eigenvalue weighted by atomic mass is 15.0. The van der Waals surface area contributed by atoms with Gasteiger partial charge in [-0.2, -0.15) is 0 Å². The minimum absolute atomic E-state index is 0.917. The van der Waals surface area contributed by atoms with Crippen LogP contribution < -0.4 is 0 Å². The van der Waals surface area contributed by atoms with E-state index in [0.29, 0.717) is 0 Å². The first-order valence-electron chi connectivity index (χ1n) is 9.75. The molecular formula is C20H30. The van der Waals surface area contributed by atoms with Crippen LogP contribution in [0.2, 0.25) is 0 Å². The predicted molar refractivity (Wildman–Crippen MR) is 81.1 cm³/mol. The van der Waals surface area contributed by atoms with E-state index in [-0.39, 0.29) is 0 Å². The van der Waals surface area contributed by atoms with Crippen molar-refractivity contribution in [2.75, 3.05) is 0 Å². The van der Waals surface area contributed by atoms with E-state index < -0.39 is 0 Å². The summed E-state index contributed by atoms with van der Waals surface area (Å²) < 4.78 is 0. The molecule has 2 spiro atoms. The summed E-state index contributed by atoms with van der Waals surface area (Å²) in [5, 5.41) is 0. The lowest BCUT2D eigenvalue weighted by Crippen LogP contribution is -2.46. The van der Waals surface area contributed by atoms with Crippen molar-refractivity contribution in [2.45, 2.75) is 65.2 Å². The van der Waals surface area contributed by atoms with Gasteiger partial charge in [0.15, 0.2) is 0 Å². The lowest BCUT2D eigenvalue weighted by molar-refractivity contribution is -0.0388. The zero-order chi connectivity index (χ0) is 13.3. The van der Waals surface area contributed by atoms with Gasteiger partial charge in [-0.05, 0) is 96.7 Å². The molecule has 0 radical (unpaired) electrons. The van der Waals surface area contributed by atoms with Crippen molar-refractivity contribution in [3.05, 3.63) is 0 Å². The van der Waals surface area contributed by atoms with Crippen molar-refractivity contribution in [3.63, 3.8) is 0 Å². The van der Waals surface area contributed by atoms with Gasteiger partial charge in [0.25, 0.3) is 0 Å². The van der Waals surface area contributed by atoms with Gasteiger partial charge in [-0.1, -0.05) is 26.7 Å². The second-order valence-corrected chi connectivity index (χ2v) is 9.76. The number of hydrogen-bond donors (Lipinski definition) is 0. The van der Waals surface area contributed by atoms with Gasteiger partial charge < -0.3 is 0 Å². The van der Waals surface area contributed by atoms with E-state index in [9.17, 15) is 0 Å². The third-order valence-electron chi connectivity index (χ3n) is 9.97. The van der Waals surface area contributed by atoms with Crippen LogP contribution in [0.25, 0.3) is 0 Å².